The van der Waals surface area contributed by atoms with Crippen LogP contribution in [-0.2, 0) is 4.74 Å². The number of benzene rings is 1. The molecule has 0 saturated heterocycles. The van der Waals surface area contributed by atoms with Crippen molar-refractivity contribution >= 4 is 11.9 Å². The summed E-state index contributed by atoms with van der Waals surface area (Å²) in [6, 6.07) is 12.7. The molecule has 1 heterocycles. The second-order valence-electron chi connectivity index (χ2n) is 5.16. The molecule has 0 unspecified atom stereocenters. The Bertz CT molecular complexity index is 699. The fraction of sp³-hybridized carbons (Fsp3) is 0.278. The Morgan fingerprint density at radius 1 is 1.17 bits per heavy atom. The van der Waals surface area contributed by atoms with Gasteiger partial charge in [0, 0.05) is 0 Å². The van der Waals surface area contributed by atoms with Crippen molar-refractivity contribution in [2.75, 3.05) is 6.61 Å². The summed E-state index contributed by atoms with van der Waals surface area (Å²) in [7, 11) is 0. The van der Waals surface area contributed by atoms with Gasteiger partial charge in [0.1, 0.15) is 5.69 Å². The molecule has 0 saturated carbocycles. The van der Waals surface area contributed by atoms with Crippen LogP contribution in [0.25, 0.3) is 0 Å². The van der Waals surface area contributed by atoms with Gasteiger partial charge in [-0.15, -0.1) is 0 Å². The fourth-order valence-corrected chi connectivity index (χ4v) is 2.21. The van der Waals surface area contributed by atoms with E-state index in [2.05, 4.69) is 10.3 Å². The predicted molar refractivity (Wildman–Crippen MR) is 87.3 cm³/mol. The van der Waals surface area contributed by atoms with Gasteiger partial charge in [-0.1, -0.05) is 30.3 Å². The van der Waals surface area contributed by atoms with Gasteiger partial charge >= 0.3 is 5.97 Å². The lowest BCUT2D eigenvalue weighted by Gasteiger charge is -2.14. The van der Waals surface area contributed by atoms with E-state index in [0.717, 1.165) is 5.56 Å². The first-order valence-electron chi connectivity index (χ1n) is 7.53. The number of hydrogen-bond donors (Lipinski definition) is 1. The van der Waals surface area contributed by atoms with E-state index in [1.807, 2.05) is 37.3 Å². The molecule has 0 bridgehead atoms. The number of pyridine rings is 1. The van der Waals surface area contributed by atoms with Crippen molar-refractivity contribution in [3.63, 3.8) is 0 Å². The molecule has 1 N–H and O–H groups in total. The van der Waals surface area contributed by atoms with Crippen LogP contribution in [0.4, 0.5) is 0 Å². The highest BCUT2D eigenvalue weighted by Crippen LogP contribution is 2.13. The minimum Gasteiger partial charge on any atom is -0.462 e. The van der Waals surface area contributed by atoms with Crippen molar-refractivity contribution < 1.29 is 14.3 Å². The molecular formula is C18H20N2O3. The maximum Gasteiger partial charge on any atom is 0.339 e. The third-order valence-electron chi connectivity index (χ3n) is 3.46. The Morgan fingerprint density at radius 2 is 1.87 bits per heavy atom. The number of rotatable bonds is 5. The van der Waals surface area contributed by atoms with Crippen LogP contribution in [0.5, 0.6) is 0 Å². The van der Waals surface area contributed by atoms with E-state index >= 15 is 0 Å². The number of carbonyl (C=O) groups excluding carboxylic acids is 2. The summed E-state index contributed by atoms with van der Waals surface area (Å²) < 4.78 is 4.95. The molecule has 2 rings (SSSR count). The number of carbonyl (C=O) groups is 2. The normalized spacial score (nSPS) is 11.6. The number of nitrogens with one attached hydrogen (secondary N) is 1. The topological polar surface area (TPSA) is 68.3 Å². The van der Waals surface area contributed by atoms with E-state index < -0.39 is 5.97 Å². The van der Waals surface area contributed by atoms with Gasteiger partial charge in [-0.3, -0.25) is 4.79 Å². The lowest BCUT2D eigenvalue weighted by Crippen LogP contribution is -2.27. The van der Waals surface area contributed by atoms with Crippen LogP contribution in [0.1, 0.15) is 52.0 Å². The molecule has 0 fully saturated rings. The van der Waals surface area contributed by atoms with Crippen LogP contribution in [0, 0.1) is 6.92 Å². The molecule has 5 nitrogen and oxygen atoms in total. The maximum absolute atomic E-state index is 12.3. The maximum atomic E-state index is 12.3. The van der Waals surface area contributed by atoms with E-state index in [1.165, 1.54) is 6.07 Å². The molecule has 1 atom stereocenters. The molecule has 23 heavy (non-hydrogen) atoms. The zero-order valence-electron chi connectivity index (χ0n) is 13.5. The van der Waals surface area contributed by atoms with Gasteiger partial charge in [-0.2, -0.15) is 0 Å². The van der Waals surface area contributed by atoms with Crippen molar-refractivity contribution in [2.24, 2.45) is 0 Å². The highest BCUT2D eigenvalue weighted by atomic mass is 16.5. The first kappa shape index (κ1) is 16.7. The van der Waals surface area contributed by atoms with Crippen molar-refractivity contribution in [1.29, 1.82) is 0 Å². The molecule has 5 heteroatoms. The van der Waals surface area contributed by atoms with E-state index in [1.54, 1.807) is 19.9 Å². The van der Waals surface area contributed by atoms with Crippen LogP contribution in [0.3, 0.4) is 0 Å². The summed E-state index contributed by atoms with van der Waals surface area (Å²) in [6.07, 6.45) is 0. The Hall–Kier alpha value is -2.69. The van der Waals surface area contributed by atoms with Crippen molar-refractivity contribution in [3.05, 3.63) is 65.0 Å². The van der Waals surface area contributed by atoms with E-state index in [4.69, 9.17) is 4.74 Å². The van der Waals surface area contributed by atoms with Crippen LogP contribution in [-0.4, -0.2) is 23.5 Å². The van der Waals surface area contributed by atoms with E-state index in [-0.39, 0.29) is 17.6 Å². The Balaban J connectivity index is 2.11. The Labute approximate surface area is 135 Å². The average molecular weight is 312 g/mol. The molecule has 0 aliphatic carbocycles. The van der Waals surface area contributed by atoms with Gasteiger partial charge in [0.2, 0.25) is 0 Å². The van der Waals surface area contributed by atoms with Crippen molar-refractivity contribution in [3.8, 4) is 0 Å². The largest absolute Gasteiger partial charge is 0.462 e. The molecule has 2 aromatic rings. The fourth-order valence-electron chi connectivity index (χ4n) is 2.21. The lowest BCUT2D eigenvalue weighted by atomic mass is 10.1. The summed E-state index contributed by atoms with van der Waals surface area (Å²) in [4.78, 5) is 28.3. The Morgan fingerprint density at radius 3 is 2.48 bits per heavy atom. The predicted octanol–water partition coefficient (Wildman–Crippen LogP) is 3.06. The molecule has 0 radical (unpaired) electrons. The van der Waals surface area contributed by atoms with Crippen LogP contribution < -0.4 is 5.32 Å². The van der Waals surface area contributed by atoms with Gasteiger partial charge in [-0.05, 0) is 38.5 Å². The second kappa shape index (κ2) is 7.54. The molecule has 1 amide bonds. The first-order chi connectivity index (χ1) is 11.0. The Kier molecular flexibility index (Phi) is 5.46. The molecular weight excluding hydrogens is 292 g/mol. The summed E-state index contributed by atoms with van der Waals surface area (Å²) >= 11 is 0. The monoisotopic (exact) mass is 312 g/mol. The number of hydrogen-bond acceptors (Lipinski definition) is 4. The molecule has 0 aliphatic rings. The van der Waals surface area contributed by atoms with Gasteiger partial charge in [-0.25, -0.2) is 9.78 Å². The quantitative estimate of drug-likeness (QED) is 0.862. The summed E-state index contributed by atoms with van der Waals surface area (Å²) in [5, 5.41) is 2.90. The standard InChI is InChI=1S/C18H20N2O3/c1-4-23-18(22)15-10-11-16(19-13(15)3)17(21)20-12(2)14-8-6-5-7-9-14/h5-12H,4H2,1-3H3,(H,20,21)/t12-/m1/s1. The number of ether oxygens (including phenoxy) is 1. The van der Waals surface area contributed by atoms with Crippen molar-refractivity contribution in [2.45, 2.75) is 26.8 Å². The molecule has 1 aromatic heterocycles. The highest BCUT2D eigenvalue weighted by molar-refractivity contribution is 5.95. The summed E-state index contributed by atoms with van der Waals surface area (Å²) in [5.41, 5.74) is 2.14. The number of esters is 1. The third-order valence-corrected chi connectivity index (χ3v) is 3.46. The number of amides is 1. The molecule has 120 valence electrons. The smallest absolute Gasteiger partial charge is 0.339 e. The average Bonchev–Trinajstić information content (AvgIpc) is 2.55. The SMILES string of the molecule is CCOC(=O)c1ccc(C(=O)N[C@H](C)c2ccccc2)nc1C. The number of aromatic nitrogens is 1. The van der Waals surface area contributed by atoms with Gasteiger partial charge in [0.25, 0.3) is 5.91 Å². The summed E-state index contributed by atoms with van der Waals surface area (Å²) in [6.45, 7) is 5.64. The minimum atomic E-state index is -0.429. The van der Waals surface area contributed by atoms with Gasteiger partial charge < -0.3 is 10.1 Å². The van der Waals surface area contributed by atoms with E-state index in [0.29, 0.717) is 17.9 Å². The molecule has 0 spiro atoms. The van der Waals surface area contributed by atoms with Crippen LogP contribution in [0.15, 0.2) is 42.5 Å². The minimum absolute atomic E-state index is 0.129. The number of nitrogens with zero attached hydrogens (tertiary/aromatic N) is 1. The second-order valence-corrected chi connectivity index (χ2v) is 5.16. The van der Waals surface area contributed by atoms with Crippen LogP contribution in [0.2, 0.25) is 0 Å². The zero-order valence-corrected chi connectivity index (χ0v) is 13.5. The van der Waals surface area contributed by atoms with Gasteiger partial charge in [0.15, 0.2) is 0 Å². The number of aryl methyl sites for hydroxylation is 1. The van der Waals surface area contributed by atoms with Gasteiger partial charge in [0.05, 0.1) is 23.9 Å². The molecule has 1 aromatic carbocycles. The summed E-state index contributed by atoms with van der Waals surface area (Å²) in [5.74, 6) is -0.707. The van der Waals surface area contributed by atoms with Crippen LogP contribution >= 0.6 is 0 Å². The first-order valence-corrected chi connectivity index (χ1v) is 7.53. The third kappa shape index (κ3) is 4.16. The zero-order chi connectivity index (χ0) is 16.8. The highest BCUT2D eigenvalue weighted by Gasteiger charge is 2.16. The van der Waals surface area contributed by atoms with Crippen molar-refractivity contribution in [1.82, 2.24) is 10.3 Å². The lowest BCUT2D eigenvalue weighted by molar-refractivity contribution is 0.0524. The van der Waals surface area contributed by atoms with E-state index in [9.17, 15) is 9.59 Å². The molecule has 0 aliphatic heterocycles.